The molecule has 1 saturated carbocycles. The van der Waals surface area contributed by atoms with E-state index in [2.05, 4.69) is 5.32 Å². The first-order chi connectivity index (χ1) is 4.65. The topological polar surface area (TPSA) is 49.3 Å². The van der Waals surface area contributed by atoms with Crippen LogP contribution in [0.4, 0.5) is 0 Å². The van der Waals surface area contributed by atoms with Crippen molar-refractivity contribution in [2.24, 2.45) is 5.92 Å². The molecule has 0 radical (unpaired) electrons. The van der Waals surface area contributed by atoms with Crippen molar-refractivity contribution in [1.29, 1.82) is 0 Å². The van der Waals surface area contributed by atoms with Crippen molar-refractivity contribution in [3.63, 3.8) is 0 Å². The van der Waals surface area contributed by atoms with Crippen molar-refractivity contribution in [2.75, 3.05) is 7.05 Å². The van der Waals surface area contributed by atoms with Crippen LogP contribution in [-0.4, -0.2) is 23.7 Å². The normalized spacial score (nSPS) is 37.3. The Morgan fingerprint density at radius 3 is 2.80 bits per heavy atom. The van der Waals surface area contributed by atoms with Gasteiger partial charge in [-0.1, -0.05) is 6.92 Å². The largest absolute Gasteiger partial charge is 0.380 e. The molecule has 3 heteroatoms. The van der Waals surface area contributed by atoms with E-state index in [9.17, 15) is 9.90 Å². The molecule has 1 aliphatic rings. The Hall–Kier alpha value is -0.570. The van der Waals surface area contributed by atoms with Crippen LogP contribution >= 0.6 is 0 Å². The molecule has 0 heterocycles. The molecule has 58 valence electrons. The van der Waals surface area contributed by atoms with Crippen molar-refractivity contribution in [1.82, 2.24) is 5.32 Å². The van der Waals surface area contributed by atoms with Crippen LogP contribution in [0.15, 0.2) is 0 Å². The number of amides is 1. The van der Waals surface area contributed by atoms with Crippen molar-refractivity contribution >= 4 is 5.91 Å². The summed E-state index contributed by atoms with van der Waals surface area (Å²) in [6, 6.07) is 0. The molecule has 0 aromatic heterocycles. The minimum atomic E-state index is -1.02. The average molecular weight is 143 g/mol. The van der Waals surface area contributed by atoms with Crippen molar-refractivity contribution < 1.29 is 9.90 Å². The first kappa shape index (κ1) is 7.54. The Kier molecular flexibility index (Phi) is 1.68. The summed E-state index contributed by atoms with van der Waals surface area (Å²) >= 11 is 0. The lowest BCUT2D eigenvalue weighted by molar-refractivity contribution is -0.131. The second-order valence-corrected chi connectivity index (χ2v) is 2.81. The third kappa shape index (κ3) is 0.904. The van der Waals surface area contributed by atoms with E-state index in [1.54, 1.807) is 7.05 Å². The number of carbonyl (C=O) groups excluding carboxylic acids is 1. The molecule has 1 aliphatic carbocycles. The molecule has 0 bridgehead atoms. The Morgan fingerprint density at radius 2 is 2.50 bits per heavy atom. The van der Waals surface area contributed by atoms with Gasteiger partial charge < -0.3 is 10.4 Å². The molecule has 1 fully saturated rings. The second kappa shape index (κ2) is 2.23. The third-order valence-corrected chi connectivity index (χ3v) is 2.19. The molecule has 0 unspecified atom stereocenters. The number of carbonyl (C=O) groups is 1. The fraction of sp³-hybridized carbons (Fsp3) is 0.857. The highest BCUT2D eigenvalue weighted by molar-refractivity contribution is 5.88. The molecule has 2 atom stereocenters. The Labute approximate surface area is 60.4 Å². The maximum atomic E-state index is 10.9. The van der Waals surface area contributed by atoms with E-state index in [1.807, 2.05) is 6.92 Å². The van der Waals surface area contributed by atoms with Gasteiger partial charge in [0.05, 0.1) is 0 Å². The van der Waals surface area contributed by atoms with E-state index in [0.717, 1.165) is 6.42 Å². The minimum Gasteiger partial charge on any atom is -0.380 e. The quantitative estimate of drug-likeness (QED) is 0.566. The lowest BCUT2D eigenvalue weighted by Crippen LogP contribution is -2.35. The highest BCUT2D eigenvalue weighted by Crippen LogP contribution is 2.45. The predicted molar refractivity (Wildman–Crippen MR) is 37.4 cm³/mol. The highest BCUT2D eigenvalue weighted by Gasteiger charge is 2.57. The van der Waals surface area contributed by atoms with Gasteiger partial charge in [-0.05, 0) is 18.8 Å². The van der Waals surface area contributed by atoms with E-state index in [-0.39, 0.29) is 11.8 Å². The Balaban J connectivity index is 2.50. The molecule has 0 spiro atoms. The number of aliphatic hydroxyl groups is 1. The van der Waals surface area contributed by atoms with E-state index in [1.165, 1.54) is 0 Å². The molecule has 3 nitrogen and oxygen atoms in total. The zero-order valence-corrected chi connectivity index (χ0v) is 6.35. The van der Waals surface area contributed by atoms with Gasteiger partial charge in [0.2, 0.25) is 0 Å². The SMILES string of the molecule is CC[C@@H]1C[C@@]1(O)C(=O)NC. The number of rotatable bonds is 2. The highest BCUT2D eigenvalue weighted by atomic mass is 16.3. The number of hydrogen-bond donors (Lipinski definition) is 2. The van der Waals surface area contributed by atoms with Gasteiger partial charge in [0, 0.05) is 7.05 Å². The maximum Gasteiger partial charge on any atom is 0.252 e. The molecular weight excluding hydrogens is 130 g/mol. The van der Waals surface area contributed by atoms with E-state index >= 15 is 0 Å². The van der Waals surface area contributed by atoms with Gasteiger partial charge in [0.15, 0.2) is 0 Å². The number of nitrogens with one attached hydrogen (secondary N) is 1. The van der Waals surface area contributed by atoms with Crippen LogP contribution in [0.3, 0.4) is 0 Å². The van der Waals surface area contributed by atoms with Crippen LogP contribution in [0.2, 0.25) is 0 Å². The Morgan fingerprint density at radius 1 is 1.90 bits per heavy atom. The first-order valence-corrected chi connectivity index (χ1v) is 3.59. The van der Waals surface area contributed by atoms with Crippen LogP contribution in [0.5, 0.6) is 0 Å². The summed E-state index contributed by atoms with van der Waals surface area (Å²) in [5, 5.41) is 11.9. The predicted octanol–water partition coefficient (Wildman–Crippen LogP) is -0.107. The zero-order valence-electron chi connectivity index (χ0n) is 6.35. The number of hydrogen-bond acceptors (Lipinski definition) is 2. The van der Waals surface area contributed by atoms with Crippen LogP contribution in [0, 0.1) is 5.92 Å². The van der Waals surface area contributed by atoms with Gasteiger partial charge in [-0.25, -0.2) is 0 Å². The summed E-state index contributed by atoms with van der Waals surface area (Å²) in [7, 11) is 1.55. The number of likely N-dealkylation sites (N-methyl/N-ethyl adjacent to an activating group) is 1. The summed E-state index contributed by atoms with van der Waals surface area (Å²) in [6.07, 6.45) is 1.51. The molecule has 2 N–H and O–H groups in total. The summed E-state index contributed by atoms with van der Waals surface area (Å²) in [6.45, 7) is 1.98. The standard InChI is InChI=1S/C7H13NO2/c1-3-5-4-7(5,10)6(9)8-2/h5,10H,3-4H2,1-2H3,(H,8,9)/t5-,7+/m1/s1. The van der Waals surface area contributed by atoms with Crippen LogP contribution < -0.4 is 5.32 Å². The Bertz CT molecular complexity index is 158. The summed E-state index contributed by atoms with van der Waals surface area (Å²) in [5.74, 6) is -0.0493. The second-order valence-electron chi connectivity index (χ2n) is 2.81. The van der Waals surface area contributed by atoms with Crippen molar-refractivity contribution in [2.45, 2.75) is 25.4 Å². The molecular formula is C7H13NO2. The van der Waals surface area contributed by atoms with E-state index in [0.29, 0.717) is 6.42 Å². The molecule has 1 rings (SSSR count). The molecule has 10 heavy (non-hydrogen) atoms. The van der Waals surface area contributed by atoms with Gasteiger partial charge in [-0.15, -0.1) is 0 Å². The fourth-order valence-corrected chi connectivity index (χ4v) is 1.29. The molecule has 0 aromatic carbocycles. The minimum absolute atomic E-state index is 0.187. The molecule has 0 aliphatic heterocycles. The van der Waals surface area contributed by atoms with Crippen LogP contribution in [0.25, 0.3) is 0 Å². The van der Waals surface area contributed by atoms with Gasteiger partial charge in [0.25, 0.3) is 5.91 Å². The first-order valence-electron chi connectivity index (χ1n) is 3.59. The summed E-state index contributed by atoms with van der Waals surface area (Å²) in [4.78, 5) is 10.9. The van der Waals surface area contributed by atoms with E-state index in [4.69, 9.17) is 0 Å². The van der Waals surface area contributed by atoms with Crippen LogP contribution in [0.1, 0.15) is 19.8 Å². The van der Waals surface area contributed by atoms with Gasteiger partial charge in [-0.2, -0.15) is 0 Å². The molecule has 1 amide bonds. The van der Waals surface area contributed by atoms with Gasteiger partial charge in [0.1, 0.15) is 5.60 Å². The molecule has 0 saturated heterocycles. The lowest BCUT2D eigenvalue weighted by Gasteiger charge is -2.06. The maximum absolute atomic E-state index is 10.9. The zero-order chi connectivity index (χ0) is 7.78. The van der Waals surface area contributed by atoms with Gasteiger partial charge in [-0.3, -0.25) is 4.79 Å². The van der Waals surface area contributed by atoms with Gasteiger partial charge >= 0.3 is 0 Å². The van der Waals surface area contributed by atoms with E-state index < -0.39 is 5.60 Å². The lowest BCUT2D eigenvalue weighted by atomic mass is 10.2. The van der Waals surface area contributed by atoms with Crippen molar-refractivity contribution in [3.8, 4) is 0 Å². The fourth-order valence-electron chi connectivity index (χ4n) is 1.29. The molecule has 0 aromatic rings. The monoisotopic (exact) mass is 143 g/mol. The summed E-state index contributed by atoms with van der Waals surface area (Å²) in [5.41, 5.74) is -1.02. The average Bonchev–Trinajstić information content (AvgIpc) is 2.61. The smallest absolute Gasteiger partial charge is 0.252 e. The van der Waals surface area contributed by atoms with Crippen LogP contribution in [-0.2, 0) is 4.79 Å². The third-order valence-electron chi connectivity index (χ3n) is 2.19. The summed E-state index contributed by atoms with van der Waals surface area (Å²) < 4.78 is 0. The van der Waals surface area contributed by atoms with Crippen molar-refractivity contribution in [3.05, 3.63) is 0 Å².